The fourth-order valence-electron chi connectivity index (χ4n) is 0.232. The molecule has 0 aromatic carbocycles. The Morgan fingerprint density at radius 3 is 1.93 bits per heavy atom. The average molecular weight is 214 g/mol. The summed E-state index contributed by atoms with van der Waals surface area (Å²) in [5, 5.41) is 7.89. The van der Waals surface area contributed by atoms with Gasteiger partial charge in [0.05, 0.1) is 0 Å². The van der Waals surface area contributed by atoms with Crippen molar-refractivity contribution in [3.05, 3.63) is 24.8 Å². The van der Waals surface area contributed by atoms with E-state index in [1.807, 2.05) is 0 Å². The highest BCUT2D eigenvalue weighted by Gasteiger charge is 1.96. The first-order valence-corrected chi connectivity index (χ1v) is 3.98. The third-order valence-corrected chi connectivity index (χ3v) is 0.949. The van der Waals surface area contributed by atoms with Crippen molar-refractivity contribution in [2.45, 2.75) is 13.8 Å². The molecule has 0 bridgehead atoms. The van der Waals surface area contributed by atoms with Crippen LogP contribution in [0.1, 0.15) is 13.8 Å². The van der Waals surface area contributed by atoms with Crippen molar-refractivity contribution in [2.24, 2.45) is 0 Å². The number of carbonyl (C=O) groups is 3. The first kappa shape index (κ1) is 15.6. The lowest BCUT2D eigenvalue weighted by Gasteiger charge is -1.94. The number of Topliss-reactive ketones (excluding diaryl/α,β-unsaturated/α-hetero) is 1. The number of esters is 1. The van der Waals surface area contributed by atoms with Gasteiger partial charge in [-0.05, 0) is 13.8 Å². The number of ketones is 1. The summed E-state index contributed by atoms with van der Waals surface area (Å²) in [6, 6.07) is 0. The molecule has 0 atom stereocenters. The summed E-state index contributed by atoms with van der Waals surface area (Å²) in [4.78, 5) is 30.0. The third kappa shape index (κ3) is 14.9. The van der Waals surface area contributed by atoms with Crippen molar-refractivity contribution in [2.75, 3.05) is 6.61 Å². The number of rotatable bonds is 4. The molecule has 0 amide bonds. The van der Waals surface area contributed by atoms with E-state index in [-0.39, 0.29) is 18.0 Å². The average Bonchev–Trinajstić information content (AvgIpc) is 2.14. The van der Waals surface area contributed by atoms with Gasteiger partial charge in [-0.2, -0.15) is 0 Å². The van der Waals surface area contributed by atoms with Gasteiger partial charge in [-0.15, -0.1) is 0 Å². The minimum Gasteiger partial charge on any atom is -0.478 e. The molecule has 0 rings (SSSR count). The number of ether oxygens (including phenoxy) is 1. The Kier molecular flexibility index (Phi) is 9.00. The molecule has 15 heavy (non-hydrogen) atoms. The second kappa shape index (κ2) is 8.68. The van der Waals surface area contributed by atoms with Gasteiger partial charge in [-0.3, -0.25) is 4.79 Å². The molecule has 0 aromatic rings. The van der Waals surface area contributed by atoms with Crippen LogP contribution in [0.4, 0.5) is 0 Å². The highest BCUT2D eigenvalue weighted by Crippen LogP contribution is 1.81. The molecule has 0 fully saturated rings. The van der Waals surface area contributed by atoms with Crippen LogP contribution in [-0.4, -0.2) is 29.4 Å². The van der Waals surface area contributed by atoms with Crippen LogP contribution in [0.25, 0.3) is 0 Å². The Morgan fingerprint density at radius 2 is 1.73 bits per heavy atom. The van der Waals surface area contributed by atoms with Crippen LogP contribution in [0.15, 0.2) is 24.8 Å². The molecule has 0 aliphatic carbocycles. The zero-order chi connectivity index (χ0) is 12.4. The Hall–Kier alpha value is -1.91. The van der Waals surface area contributed by atoms with E-state index in [0.29, 0.717) is 0 Å². The van der Waals surface area contributed by atoms with Crippen LogP contribution in [0.3, 0.4) is 0 Å². The second-order valence-electron chi connectivity index (χ2n) is 2.60. The Balaban J connectivity index is 0. The number of carboxylic acids is 1. The van der Waals surface area contributed by atoms with E-state index in [1.54, 1.807) is 0 Å². The smallest absolute Gasteiger partial charge is 0.330 e. The molecular weight excluding hydrogens is 200 g/mol. The summed E-state index contributed by atoms with van der Waals surface area (Å²) in [5.74, 6) is -1.68. The number of carboxylic acid groups (broad SMARTS) is 1. The minimum atomic E-state index is -0.935. The summed E-state index contributed by atoms with van der Waals surface area (Å²) in [6.45, 7) is 8.94. The standard InChI is InChI=1S/C6H8O3.C4H6O2/c1-3-6(8)9-4-5(2)7;1-3(2)4(5)6/h3H,1,4H2,2H3;1H2,2H3,(H,5,6). The van der Waals surface area contributed by atoms with Crippen molar-refractivity contribution in [3.8, 4) is 0 Å². The molecule has 0 aromatic heterocycles. The van der Waals surface area contributed by atoms with Crippen molar-refractivity contribution < 1.29 is 24.2 Å². The lowest BCUT2D eigenvalue weighted by Crippen LogP contribution is -2.08. The van der Waals surface area contributed by atoms with Crippen LogP contribution < -0.4 is 0 Å². The Morgan fingerprint density at radius 1 is 1.33 bits per heavy atom. The summed E-state index contributed by atoms with van der Waals surface area (Å²) in [6.07, 6.45) is 1.02. The van der Waals surface area contributed by atoms with Crippen molar-refractivity contribution in [3.63, 3.8) is 0 Å². The quantitative estimate of drug-likeness (QED) is 0.556. The van der Waals surface area contributed by atoms with Gasteiger partial charge < -0.3 is 9.84 Å². The molecular formula is C10H14O5. The number of aliphatic carboxylic acids is 1. The van der Waals surface area contributed by atoms with Gasteiger partial charge in [0.25, 0.3) is 0 Å². The fourth-order valence-corrected chi connectivity index (χ4v) is 0.232. The Bertz CT molecular complexity index is 266. The van der Waals surface area contributed by atoms with Gasteiger partial charge in [0, 0.05) is 11.6 Å². The maximum absolute atomic E-state index is 10.2. The third-order valence-electron chi connectivity index (χ3n) is 0.949. The zero-order valence-corrected chi connectivity index (χ0v) is 8.78. The number of hydrogen-bond acceptors (Lipinski definition) is 4. The number of carbonyl (C=O) groups excluding carboxylic acids is 2. The van der Waals surface area contributed by atoms with E-state index in [9.17, 15) is 14.4 Å². The lowest BCUT2D eigenvalue weighted by molar-refractivity contribution is -0.142. The van der Waals surface area contributed by atoms with Gasteiger partial charge in [0.2, 0.25) is 0 Å². The summed E-state index contributed by atoms with van der Waals surface area (Å²) in [7, 11) is 0. The van der Waals surface area contributed by atoms with Crippen molar-refractivity contribution >= 4 is 17.7 Å². The molecule has 5 nitrogen and oxygen atoms in total. The van der Waals surface area contributed by atoms with E-state index in [0.717, 1.165) is 6.08 Å². The minimum absolute atomic E-state index is 0.162. The number of hydrogen-bond donors (Lipinski definition) is 1. The maximum atomic E-state index is 10.2. The summed E-state index contributed by atoms with van der Waals surface area (Å²) < 4.78 is 4.35. The van der Waals surface area contributed by atoms with Gasteiger partial charge in [0.1, 0.15) is 6.61 Å². The largest absolute Gasteiger partial charge is 0.478 e. The predicted octanol–water partition coefficient (Wildman–Crippen LogP) is 0.952. The second-order valence-corrected chi connectivity index (χ2v) is 2.60. The van der Waals surface area contributed by atoms with Crippen LogP contribution in [0.5, 0.6) is 0 Å². The van der Waals surface area contributed by atoms with Gasteiger partial charge in [0.15, 0.2) is 5.78 Å². The highest BCUT2D eigenvalue weighted by atomic mass is 16.5. The first-order valence-electron chi connectivity index (χ1n) is 3.98. The van der Waals surface area contributed by atoms with Crippen LogP contribution in [-0.2, 0) is 19.1 Å². The van der Waals surface area contributed by atoms with E-state index in [2.05, 4.69) is 17.9 Å². The fraction of sp³-hybridized carbons (Fsp3) is 0.300. The zero-order valence-electron chi connectivity index (χ0n) is 8.78. The molecule has 0 spiro atoms. The summed E-state index contributed by atoms with van der Waals surface area (Å²) in [5.41, 5.74) is 0.176. The van der Waals surface area contributed by atoms with Crippen molar-refractivity contribution in [1.82, 2.24) is 0 Å². The molecule has 84 valence electrons. The van der Waals surface area contributed by atoms with E-state index in [4.69, 9.17) is 5.11 Å². The van der Waals surface area contributed by atoms with Gasteiger partial charge in [-0.1, -0.05) is 13.2 Å². The predicted molar refractivity (Wildman–Crippen MR) is 54.3 cm³/mol. The highest BCUT2D eigenvalue weighted by molar-refractivity contribution is 5.85. The molecule has 0 heterocycles. The lowest BCUT2D eigenvalue weighted by atomic mass is 10.4. The normalized spacial score (nSPS) is 7.87. The van der Waals surface area contributed by atoms with Crippen LogP contribution in [0, 0.1) is 0 Å². The molecule has 0 saturated heterocycles. The Labute approximate surface area is 88.0 Å². The molecule has 0 saturated carbocycles. The summed E-state index contributed by atoms with van der Waals surface area (Å²) >= 11 is 0. The molecule has 5 heteroatoms. The van der Waals surface area contributed by atoms with Gasteiger partial charge in [-0.25, -0.2) is 9.59 Å². The monoisotopic (exact) mass is 214 g/mol. The van der Waals surface area contributed by atoms with Gasteiger partial charge >= 0.3 is 11.9 Å². The van der Waals surface area contributed by atoms with E-state index >= 15 is 0 Å². The molecule has 0 unspecified atom stereocenters. The molecule has 0 aliphatic heterocycles. The topological polar surface area (TPSA) is 80.7 Å². The molecule has 0 aliphatic rings. The van der Waals surface area contributed by atoms with Crippen LogP contribution >= 0.6 is 0 Å². The van der Waals surface area contributed by atoms with Crippen molar-refractivity contribution in [1.29, 1.82) is 0 Å². The first-order chi connectivity index (χ1) is 6.81. The SMILES string of the molecule is C=C(C)C(=O)O.C=CC(=O)OCC(C)=O. The molecule has 0 radical (unpaired) electrons. The van der Waals surface area contributed by atoms with Crippen LogP contribution in [0.2, 0.25) is 0 Å². The van der Waals surface area contributed by atoms with E-state index < -0.39 is 11.9 Å². The van der Waals surface area contributed by atoms with E-state index in [1.165, 1.54) is 13.8 Å². The maximum Gasteiger partial charge on any atom is 0.330 e. The molecule has 1 N–H and O–H groups in total.